The van der Waals surface area contributed by atoms with Crippen LogP contribution in [0.15, 0.2) is 42.5 Å². The first kappa shape index (κ1) is 21.1. The van der Waals surface area contributed by atoms with E-state index in [4.69, 9.17) is 26.2 Å². The van der Waals surface area contributed by atoms with Gasteiger partial charge in [-0.25, -0.2) is 0 Å². The zero-order valence-electron chi connectivity index (χ0n) is 16.1. The molecule has 0 radical (unpaired) electrons. The van der Waals surface area contributed by atoms with Gasteiger partial charge in [-0.3, -0.25) is 4.79 Å². The molecular formula is C22H27ClO4. The Bertz CT molecular complexity index is 753. The van der Waals surface area contributed by atoms with E-state index in [0.29, 0.717) is 30.4 Å². The molecule has 5 heteroatoms. The standard InChI is InChI=1S/C22H27ClO4/c1-4-22(2,3)17-6-9-19(10-7-17)26-13-14-27-20-11-8-18(23)15-16(20)5-12-21(24)25/h6-11,15H,4-5,12-14H2,1-3H3,(H,24,25). The first-order valence-electron chi connectivity index (χ1n) is 9.18. The Morgan fingerprint density at radius 2 is 1.74 bits per heavy atom. The van der Waals surface area contributed by atoms with E-state index in [0.717, 1.165) is 17.7 Å². The van der Waals surface area contributed by atoms with E-state index in [1.807, 2.05) is 12.1 Å². The van der Waals surface area contributed by atoms with Crippen molar-refractivity contribution in [2.24, 2.45) is 0 Å². The van der Waals surface area contributed by atoms with Gasteiger partial charge in [0.15, 0.2) is 0 Å². The smallest absolute Gasteiger partial charge is 0.303 e. The van der Waals surface area contributed by atoms with Crippen LogP contribution in [0.5, 0.6) is 11.5 Å². The van der Waals surface area contributed by atoms with Crippen LogP contribution >= 0.6 is 11.6 Å². The fourth-order valence-corrected chi connectivity index (χ4v) is 2.84. The highest BCUT2D eigenvalue weighted by atomic mass is 35.5. The molecule has 0 amide bonds. The first-order chi connectivity index (χ1) is 12.8. The SMILES string of the molecule is CCC(C)(C)c1ccc(OCCOc2ccc(Cl)cc2CCC(=O)O)cc1. The molecule has 0 saturated carbocycles. The van der Waals surface area contributed by atoms with Gasteiger partial charge in [0, 0.05) is 11.4 Å². The Kier molecular flexibility index (Phi) is 7.55. The fraction of sp³-hybridized carbons (Fsp3) is 0.409. The van der Waals surface area contributed by atoms with Gasteiger partial charge in [0.05, 0.1) is 0 Å². The molecule has 1 N–H and O–H groups in total. The lowest BCUT2D eigenvalue weighted by atomic mass is 9.82. The van der Waals surface area contributed by atoms with Gasteiger partial charge in [-0.05, 0) is 59.7 Å². The Balaban J connectivity index is 1.87. The topological polar surface area (TPSA) is 55.8 Å². The minimum Gasteiger partial charge on any atom is -0.490 e. The molecule has 0 atom stereocenters. The molecule has 0 bridgehead atoms. The third kappa shape index (κ3) is 6.47. The number of aryl methyl sites for hydroxylation is 1. The van der Waals surface area contributed by atoms with Gasteiger partial charge >= 0.3 is 5.97 Å². The van der Waals surface area contributed by atoms with Crippen LogP contribution in [0.3, 0.4) is 0 Å². The van der Waals surface area contributed by atoms with E-state index in [9.17, 15) is 4.79 Å². The number of ether oxygens (including phenoxy) is 2. The summed E-state index contributed by atoms with van der Waals surface area (Å²) >= 11 is 6.00. The quantitative estimate of drug-likeness (QED) is 0.544. The number of hydrogen-bond donors (Lipinski definition) is 1. The number of rotatable bonds is 10. The Morgan fingerprint density at radius 3 is 2.37 bits per heavy atom. The predicted octanol–water partition coefficient (Wildman–Crippen LogP) is 5.50. The summed E-state index contributed by atoms with van der Waals surface area (Å²) in [6, 6.07) is 13.4. The van der Waals surface area contributed by atoms with Crippen LogP contribution in [0.25, 0.3) is 0 Å². The summed E-state index contributed by atoms with van der Waals surface area (Å²) in [7, 11) is 0. The number of carboxylic acids is 1. The Hall–Kier alpha value is -2.20. The van der Waals surface area contributed by atoms with Crippen LogP contribution < -0.4 is 9.47 Å². The monoisotopic (exact) mass is 390 g/mol. The number of carbonyl (C=O) groups is 1. The molecule has 146 valence electrons. The van der Waals surface area contributed by atoms with E-state index in [1.165, 1.54) is 5.56 Å². The molecule has 0 aliphatic carbocycles. The van der Waals surface area contributed by atoms with Crippen LogP contribution in [-0.4, -0.2) is 24.3 Å². The molecule has 2 aromatic rings. The second kappa shape index (κ2) is 9.65. The van der Waals surface area contributed by atoms with Crippen LogP contribution in [0.2, 0.25) is 5.02 Å². The van der Waals surface area contributed by atoms with Crippen LogP contribution in [0.1, 0.15) is 44.7 Å². The molecule has 0 unspecified atom stereocenters. The number of halogens is 1. The predicted molar refractivity (Wildman–Crippen MR) is 108 cm³/mol. The molecule has 2 aromatic carbocycles. The van der Waals surface area contributed by atoms with Crippen molar-refractivity contribution in [1.29, 1.82) is 0 Å². The number of carboxylic acid groups (broad SMARTS) is 1. The van der Waals surface area contributed by atoms with Crippen molar-refractivity contribution < 1.29 is 19.4 Å². The molecule has 2 rings (SSSR count). The molecule has 0 aliphatic rings. The average Bonchev–Trinajstić information content (AvgIpc) is 2.65. The summed E-state index contributed by atoms with van der Waals surface area (Å²) in [6.45, 7) is 7.40. The molecule has 27 heavy (non-hydrogen) atoms. The minimum atomic E-state index is -0.848. The summed E-state index contributed by atoms with van der Waals surface area (Å²) in [5.41, 5.74) is 2.23. The lowest BCUT2D eigenvalue weighted by Gasteiger charge is -2.23. The minimum absolute atomic E-state index is 0.0354. The molecule has 0 saturated heterocycles. The summed E-state index contributed by atoms with van der Waals surface area (Å²) in [4.78, 5) is 10.8. The van der Waals surface area contributed by atoms with Crippen LogP contribution in [-0.2, 0) is 16.6 Å². The summed E-state index contributed by atoms with van der Waals surface area (Å²) in [5, 5.41) is 9.43. The largest absolute Gasteiger partial charge is 0.490 e. The van der Waals surface area contributed by atoms with Crippen molar-refractivity contribution in [3.8, 4) is 11.5 Å². The van der Waals surface area contributed by atoms with Crippen molar-refractivity contribution in [1.82, 2.24) is 0 Å². The van der Waals surface area contributed by atoms with Crippen molar-refractivity contribution in [3.05, 3.63) is 58.6 Å². The van der Waals surface area contributed by atoms with Gasteiger partial charge in [0.2, 0.25) is 0 Å². The number of benzene rings is 2. The van der Waals surface area contributed by atoms with E-state index in [2.05, 4.69) is 32.9 Å². The van der Waals surface area contributed by atoms with Gasteiger partial charge in [0.25, 0.3) is 0 Å². The summed E-state index contributed by atoms with van der Waals surface area (Å²) in [6.07, 6.45) is 1.49. The second-order valence-electron chi connectivity index (χ2n) is 7.10. The Morgan fingerprint density at radius 1 is 1.07 bits per heavy atom. The fourth-order valence-electron chi connectivity index (χ4n) is 2.64. The van der Waals surface area contributed by atoms with E-state index < -0.39 is 5.97 Å². The summed E-state index contributed by atoms with van der Waals surface area (Å²) in [5.74, 6) is 0.597. The molecule has 0 aliphatic heterocycles. The third-order valence-corrected chi connectivity index (χ3v) is 5.00. The van der Waals surface area contributed by atoms with E-state index >= 15 is 0 Å². The molecule has 0 heterocycles. The van der Waals surface area contributed by atoms with Crippen LogP contribution in [0, 0.1) is 0 Å². The third-order valence-electron chi connectivity index (χ3n) is 4.76. The Labute approximate surface area is 166 Å². The average molecular weight is 391 g/mol. The van der Waals surface area contributed by atoms with E-state index in [-0.39, 0.29) is 11.8 Å². The van der Waals surface area contributed by atoms with Gasteiger partial charge < -0.3 is 14.6 Å². The zero-order chi connectivity index (χ0) is 19.9. The highest BCUT2D eigenvalue weighted by Crippen LogP contribution is 2.28. The summed E-state index contributed by atoms with van der Waals surface area (Å²) < 4.78 is 11.5. The maximum absolute atomic E-state index is 10.8. The lowest BCUT2D eigenvalue weighted by molar-refractivity contribution is -0.136. The van der Waals surface area contributed by atoms with Gasteiger partial charge in [-0.15, -0.1) is 0 Å². The highest BCUT2D eigenvalue weighted by molar-refractivity contribution is 6.30. The zero-order valence-corrected chi connectivity index (χ0v) is 16.9. The van der Waals surface area contributed by atoms with Crippen LogP contribution in [0.4, 0.5) is 0 Å². The highest BCUT2D eigenvalue weighted by Gasteiger charge is 2.17. The van der Waals surface area contributed by atoms with Crippen molar-refractivity contribution in [2.75, 3.05) is 13.2 Å². The van der Waals surface area contributed by atoms with Crippen molar-refractivity contribution in [3.63, 3.8) is 0 Å². The maximum atomic E-state index is 10.8. The molecular weight excluding hydrogens is 364 g/mol. The lowest BCUT2D eigenvalue weighted by Crippen LogP contribution is -2.15. The molecule has 4 nitrogen and oxygen atoms in total. The van der Waals surface area contributed by atoms with Gasteiger partial charge in [0.1, 0.15) is 24.7 Å². The van der Waals surface area contributed by atoms with Crippen molar-refractivity contribution >= 4 is 17.6 Å². The normalized spacial score (nSPS) is 11.3. The molecule has 0 aromatic heterocycles. The first-order valence-corrected chi connectivity index (χ1v) is 9.56. The number of hydrogen-bond acceptors (Lipinski definition) is 3. The second-order valence-corrected chi connectivity index (χ2v) is 7.54. The van der Waals surface area contributed by atoms with Crippen molar-refractivity contribution in [2.45, 2.75) is 45.4 Å². The van der Waals surface area contributed by atoms with Gasteiger partial charge in [-0.2, -0.15) is 0 Å². The molecule has 0 fully saturated rings. The maximum Gasteiger partial charge on any atom is 0.303 e. The number of aliphatic carboxylic acids is 1. The molecule has 0 spiro atoms. The van der Waals surface area contributed by atoms with E-state index in [1.54, 1.807) is 18.2 Å². The van der Waals surface area contributed by atoms with Gasteiger partial charge in [-0.1, -0.05) is 44.5 Å².